The molecule has 0 saturated carbocycles. The third-order valence-electron chi connectivity index (χ3n) is 10.5. The van der Waals surface area contributed by atoms with E-state index >= 15 is 0 Å². The van der Waals surface area contributed by atoms with Gasteiger partial charge in [0.25, 0.3) is 5.91 Å². The van der Waals surface area contributed by atoms with Crippen molar-refractivity contribution < 1.29 is 9.59 Å². The lowest BCUT2D eigenvalue weighted by Crippen LogP contribution is -2.59. The van der Waals surface area contributed by atoms with Gasteiger partial charge in [-0.2, -0.15) is 0 Å². The fraction of sp³-hybridized carbons (Fsp3) is 0.279. The van der Waals surface area contributed by atoms with E-state index in [9.17, 15) is 9.59 Å². The van der Waals surface area contributed by atoms with E-state index in [2.05, 4.69) is 75.6 Å². The number of carbonyl (C=O) groups is 2. The predicted octanol–water partition coefficient (Wildman–Crippen LogP) is 6.50. The second kappa shape index (κ2) is 15.1. The average molecular weight is 681 g/mol. The third-order valence-corrected chi connectivity index (χ3v) is 13.0. The van der Waals surface area contributed by atoms with Crippen molar-refractivity contribution in [3.63, 3.8) is 0 Å². The monoisotopic (exact) mass is 680 g/mol. The Labute approximate surface area is 296 Å². The number of piperidine rings is 3. The van der Waals surface area contributed by atoms with Crippen molar-refractivity contribution in [3.05, 3.63) is 145 Å². The van der Waals surface area contributed by atoms with Crippen LogP contribution in [0, 0.1) is 17.8 Å². The molecule has 3 unspecified atom stereocenters. The maximum atomic E-state index is 14.5. The van der Waals surface area contributed by atoms with Gasteiger partial charge in [0, 0.05) is 29.7 Å². The summed E-state index contributed by atoms with van der Waals surface area (Å²) in [5.41, 5.74) is 2.56. The van der Waals surface area contributed by atoms with Gasteiger partial charge in [-0.1, -0.05) is 117 Å². The number of para-hydroxylation sites is 1. The van der Waals surface area contributed by atoms with Gasteiger partial charge in [-0.25, -0.2) is 0 Å². The van der Waals surface area contributed by atoms with Gasteiger partial charge < -0.3 is 10.6 Å². The molecule has 6 atom stereocenters. The van der Waals surface area contributed by atoms with Crippen LogP contribution in [-0.2, 0) is 4.79 Å². The second-order valence-corrected chi connectivity index (χ2v) is 16.1. The number of amides is 2. The number of hydrogen-bond acceptors (Lipinski definition) is 4. The Morgan fingerprint density at radius 3 is 2.18 bits per heavy atom. The molecule has 2 amide bonds. The highest BCUT2D eigenvalue weighted by Crippen LogP contribution is 2.42. The van der Waals surface area contributed by atoms with Crippen LogP contribution in [0.3, 0.4) is 0 Å². The maximum Gasteiger partial charge on any atom is 0.252 e. The minimum Gasteiger partial charge on any atom is -0.346 e. The molecule has 254 valence electrons. The minimum atomic E-state index is -1.01. The standard InChI is InChI=1S/C43H45N4O2P/c1-4-30-28-47-26-24-31(30)27-38(47)41(35-23-25-44-37-21-13-11-19-34(35)37)46-43(49)40(29(2)3)45-42(48)36-20-12-14-22-39(36)50(32-15-7-5-8-16-32)33-17-9-6-10-18-33/h4-23,25,29-31,38,40-41H,1,24,26-28H2,2-3H3,(H,45,48)(H,46,49)/t30?,31?,38-,40-,41-/m0/s1. The van der Waals surface area contributed by atoms with E-state index in [0.717, 1.165) is 58.3 Å². The van der Waals surface area contributed by atoms with Crippen LogP contribution in [-0.4, -0.2) is 46.9 Å². The Hall–Kier alpha value is -4.64. The number of pyridine rings is 1. The van der Waals surface area contributed by atoms with Crippen molar-refractivity contribution in [2.24, 2.45) is 17.8 Å². The fourth-order valence-corrected chi connectivity index (χ4v) is 10.4. The number of fused-ring (bicyclic) bond motifs is 4. The molecule has 2 N–H and O–H groups in total. The summed E-state index contributed by atoms with van der Waals surface area (Å²) >= 11 is 0. The highest BCUT2D eigenvalue weighted by molar-refractivity contribution is 7.80. The highest BCUT2D eigenvalue weighted by Gasteiger charge is 2.44. The zero-order valence-corrected chi connectivity index (χ0v) is 29.7. The van der Waals surface area contributed by atoms with Gasteiger partial charge in [0.2, 0.25) is 5.91 Å². The van der Waals surface area contributed by atoms with E-state index in [1.165, 1.54) is 0 Å². The van der Waals surface area contributed by atoms with Gasteiger partial charge in [0.1, 0.15) is 6.04 Å². The minimum absolute atomic E-state index is 0.129. The molecule has 6 nitrogen and oxygen atoms in total. The van der Waals surface area contributed by atoms with Crippen LogP contribution < -0.4 is 26.5 Å². The van der Waals surface area contributed by atoms with Crippen LogP contribution in [0.2, 0.25) is 0 Å². The van der Waals surface area contributed by atoms with Crippen LogP contribution in [0.1, 0.15) is 48.7 Å². The van der Waals surface area contributed by atoms with Crippen LogP contribution >= 0.6 is 7.92 Å². The zero-order chi connectivity index (χ0) is 34.6. The van der Waals surface area contributed by atoms with Crippen molar-refractivity contribution in [2.75, 3.05) is 13.1 Å². The number of nitrogens with zero attached hydrogens (tertiary/aromatic N) is 2. The van der Waals surface area contributed by atoms with Crippen molar-refractivity contribution >= 4 is 46.6 Å². The topological polar surface area (TPSA) is 74.3 Å². The van der Waals surface area contributed by atoms with E-state index in [1.54, 1.807) is 0 Å². The normalized spacial score (nSPS) is 21.1. The van der Waals surface area contributed by atoms with Crippen LogP contribution in [0.5, 0.6) is 0 Å². The summed E-state index contributed by atoms with van der Waals surface area (Å²) in [5.74, 6) is 0.447. The summed E-state index contributed by atoms with van der Waals surface area (Å²) in [6, 6.07) is 37.9. The van der Waals surface area contributed by atoms with Crippen LogP contribution in [0.25, 0.3) is 10.9 Å². The molecule has 2 bridgehead atoms. The molecule has 4 aromatic carbocycles. The van der Waals surface area contributed by atoms with Gasteiger partial charge in [0.05, 0.1) is 11.6 Å². The molecule has 7 heteroatoms. The molecule has 50 heavy (non-hydrogen) atoms. The summed E-state index contributed by atoms with van der Waals surface area (Å²) in [6.07, 6.45) is 6.07. The number of aromatic nitrogens is 1. The Morgan fingerprint density at radius 1 is 0.860 bits per heavy atom. The van der Waals surface area contributed by atoms with Gasteiger partial charge in [-0.15, -0.1) is 6.58 Å². The Bertz CT molecular complexity index is 1920. The van der Waals surface area contributed by atoms with Crippen molar-refractivity contribution in [1.29, 1.82) is 0 Å². The number of carbonyl (C=O) groups excluding carboxylic acids is 2. The zero-order valence-electron chi connectivity index (χ0n) is 28.8. The van der Waals surface area contributed by atoms with Gasteiger partial charge in [0.15, 0.2) is 0 Å². The van der Waals surface area contributed by atoms with E-state index in [1.807, 2.05) is 92.8 Å². The first kappa shape index (κ1) is 33.8. The predicted molar refractivity (Wildman–Crippen MR) is 206 cm³/mol. The van der Waals surface area contributed by atoms with Crippen LogP contribution in [0.4, 0.5) is 0 Å². The van der Waals surface area contributed by atoms with E-state index in [-0.39, 0.29) is 29.8 Å². The molecule has 3 aliphatic rings. The molecule has 1 aromatic heterocycles. The number of rotatable bonds is 11. The smallest absolute Gasteiger partial charge is 0.252 e. The molecular weight excluding hydrogens is 635 g/mol. The first-order chi connectivity index (χ1) is 24.4. The molecule has 8 rings (SSSR count). The molecule has 0 spiro atoms. The average Bonchev–Trinajstić information content (AvgIpc) is 3.17. The molecule has 3 saturated heterocycles. The van der Waals surface area contributed by atoms with Gasteiger partial charge in [-0.3, -0.25) is 19.5 Å². The first-order valence-corrected chi connectivity index (χ1v) is 19.1. The largest absolute Gasteiger partial charge is 0.346 e. The van der Waals surface area contributed by atoms with E-state index < -0.39 is 14.0 Å². The SMILES string of the molecule is C=CC1CN2CCC1C[C@H]2[C@@H](NC(=O)[C@@H](NC(=O)c1ccccc1P(c1ccccc1)c1ccccc1)C(C)C)c1ccnc2ccccc12. The summed E-state index contributed by atoms with van der Waals surface area (Å²) in [6.45, 7) is 10.1. The van der Waals surface area contributed by atoms with E-state index in [0.29, 0.717) is 17.4 Å². The lowest BCUT2D eigenvalue weighted by Gasteiger charge is -2.52. The number of hydrogen-bond donors (Lipinski definition) is 2. The third kappa shape index (κ3) is 6.88. The van der Waals surface area contributed by atoms with Crippen molar-refractivity contribution in [1.82, 2.24) is 20.5 Å². The Balaban J connectivity index is 1.20. The highest BCUT2D eigenvalue weighted by atomic mass is 31.1. The lowest BCUT2D eigenvalue weighted by atomic mass is 9.73. The van der Waals surface area contributed by atoms with Crippen molar-refractivity contribution in [2.45, 2.75) is 44.8 Å². The molecule has 3 aliphatic heterocycles. The molecule has 5 aromatic rings. The quantitative estimate of drug-likeness (QED) is 0.123. The molecular formula is C43H45N4O2P. The first-order valence-electron chi connectivity index (χ1n) is 17.7. The summed E-state index contributed by atoms with van der Waals surface area (Å²) < 4.78 is 0. The Kier molecular flexibility index (Phi) is 10.2. The molecule has 0 aliphatic carbocycles. The Morgan fingerprint density at radius 2 is 1.52 bits per heavy atom. The van der Waals surface area contributed by atoms with Gasteiger partial charge in [-0.05, 0) is 84.7 Å². The summed E-state index contributed by atoms with van der Waals surface area (Å²) in [5, 5.41) is 11.0. The van der Waals surface area contributed by atoms with Gasteiger partial charge >= 0.3 is 0 Å². The number of nitrogens with one attached hydrogen (secondary N) is 2. The molecule has 0 radical (unpaired) electrons. The maximum absolute atomic E-state index is 14.5. The fourth-order valence-electron chi connectivity index (χ4n) is 7.93. The number of benzene rings is 4. The summed E-state index contributed by atoms with van der Waals surface area (Å²) in [7, 11) is -1.01. The lowest BCUT2D eigenvalue weighted by molar-refractivity contribution is -0.126. The summed E-state index contributed by atoms with van der Waals surface area (Å²) in [4.78, 5) is 36.0. The van der Waals surface area contributed by atoms with Crippen molar-refractivity contribution in [3.8, 4) is 0 Å². The van der Waals surface area contributed by atoms with E-state index in [4.69, 9.17) is 0 Å². The van der Waals surface area contributed by atoms with Crippen LogP contribution in [0.15, 0.2) is 134 Å². The molecule has 3 fully saturated rings. The second-order valence-electron chi connectivity index (χ2n) is 13.9. The molecule has 4 heterocycles.